The molecule has 2 aromatic rings. The van der Waals surface area contributed by atoms with Gasteiger partial charge in [-0.1, -0.05) is 62.4 Å². The predicted octanol–water partition coefficient (Wildman–Crippen LogP) is 3.79. The lowest BCUT2D eigenvalue weighted by Gasteiger charge is -2.47. The molecule has 0 fully saturated rings. The van der Waals surface area contributed by atoms with E-state index in [-0.39, 0.29) is 17.8 Å². The topological polar surface area (TPSA) is 63.6 Å². The number of carboxylic acid groups (broad SMARTS) is 1. The zero-order chi connectivity index (χ0) is 18.4. The van der Waals surface area contributed by atoms with Crippen LogP contribution in [-0.2, 0) is 14.3 Å². The molecule has 0 radical (unpaired) electrons. The first kappa shape index (κ1) is 16.8. The van der Waals surface area contributed by atoms with Crippen LogP contribution in [0.25, 0.3) is 0 Å². The quantitative estimate of drug-likeness (QED) is 0.852. The number of aliphatic carboxylic acids is 1. The summed E-state index contributed by atoms with van der Waals surface area (Å²) in [6, 6.07) is 15.8. The normalized spacial score (nSPS) is 25.5. The Balaban J connectivity index is 1.88. The minimum Gasteiger partial charge on any atom is -0.481 e. The molecule has 0 spiro atoms. The molecular weight excluding hydrogens is 328 g/mol. The molecule has 26 heavy (non-hydrogen) atoms. The summed E-state index contributed by atoms with van der Waals surface area (Å²) in [5.41, 5.74) is 4.16. The number of hydrogen-bond acceptors (Lipinski definition) is 3. The molecule has 0 aliphatic heterocycles. The average molecular weight is 350 g/mol. The Morgan fingerprint density at radius 3 is 1.69 bits per heavy atom. The van der Waals surface area contributed by atoms with Crippen LogP contribution in [0.2, 0.25) is 0 Å². The lowest BCUT2D eigenvalue weighted by Crippen LogP contribution is -2.47. The van der Waals surface area contributed by atoms with Crippen molar-refractivity contribution in [2.75, 3.05) is 6.61 Å². The molecule has 0 unspecified atom stereocenters. The standard InChI is InChI=1S/C22H22O4/c1-12(2)11-26-22(25)20-18-15-9-5-3-7-13(15)17(19(20)21(23)24)14-8-4-6-10-16(14)18/h3-10,12,17-20H,11H2,1-2H3,(H,23,24)/t17?,18?,19-,20-/m0/s1. The first-order valence-electron chi connectivity index (χ1n) is 9.07. The monoisotopic (exact) mass is 350 g/mol. The molecule has 2 atom stereocenters. The Hall–Kier alpha value is -2.62. The highest BCUT2D eigenvalue weighted by Gasteiger charge is 2.55. The van der Waals surface area contributed by atoms with Gasteiger partial charge < -0.3 is 9.84 Å². The van der Waals surface area contributed by atoms with E-state index in [0.717, 1.165) is 22.3 Å². The second-order valence-electron chi connectivity index (χ2n) is 7.63. The van der Waals surface area contributed by atoms with Crippen molar-refractivity contribution >= 4 is 11.9 Å². The molecule has 0 amide bonds. The smallest absolute Gasteiger partial charge is 0.310 e. The van der Waals surface area contributed by atoms with Gasteiger partial charge in [-0.3, -0.25) is 9.59 Å². The Labute approximate surface area is 152 Å². The number of fused-ring (bicyclic) bond motifs is 1. The van der Waals surface area contributed by atoms with E-state index in [4.69, 9.17) is 4.74 Å². The van der Waals surface area contributed by atoms with Crippen molar-refractivity contribution in [3.63, 3.8) is 0 Å². The van der Waals surface area contributed by atoms with Crippen LogP contribution >= 0.6 is 0 Å². The molecule has 0 heterocycles. The molecule has 3 aliphatic carbocycles. The van der Waals surface area contributed by atoms with Crippen LogP contribution in [0.15, 0.2) is 48.5 Å². The summed E-state index contributed by atoms with van der Waals surface area (Å²) in [7, 11) is 0. The number of ether oxygens (including phenoxy) is 1. The zero-order valence-electron chi connectivity index (χ0n) is 14.9. The molecule has 5 rings (SSSR count). The van der Waals surface area contributed by atoms with Crippen LogP contribution in [0.5, 0.6) is 0 Å². The van der Waals surface area contributed by atoms with Crippen molar-refractivity contribution in [2.24, 2.45) is 17.8 Å². The summed E-state index contributed by atoms with van der Waals surface area (Å²) in [4.78, 5) is 25.2. The molecular formula is C22H22O4. The maximum absolute atomic E-state index is 12.9. The molecule has 134 valence electrons. The second-order valence-corrected chi connectivity index (χ2v) is 7.63. The van der Waals surface area contributed by atoms with E-state index >= 15 is 0 Å². The van der Waals surface area contributed by atoms with Crippen LogP contribution in [-0.4, -0.2) is 23.7 Å². The summed E-state index contributed by atoms with van der Waals surface area (Å²) in [5.74, 6) is -3.21. The fourth-order valence-electron chi connectivity index (χ4n) is 4.60. The molecule has 4 nitrogen and oxygen atoms in total. The Bertz CT molecular complexity index is 822. The maximum atomic E-state index is 12.9. The Morgan fingerprint density at radius 2 is 1.31 bits per heavy atom. The van der Waals surface area contributed by atoms with Gasteiger partial charge in [0.05, 0.1) is 18.4 Å². The minimum absolute atomic E-state index is 0.211. The number of carbonyl (C=O) groups is 2. The van der Waals surface area contributed by atoms with Crippen LogP contribution < -0.4 is 0 Å². The van der Waals surface area contributed by atoms with Gasteiger partial charge in [-0.05, 0) is 28.2 Å². The summed E-state index contributed by atoms with van der Waals surface area (Å²) in [6.07, 6.45) is 0. The van der Waals surface area contributed by atoms with Crippen LogP contribution in [0, 0.1) is 17.8 Å². The fourth-order valence-corrected chi connectivity index (χ4v) is 4.60. The Kier molecular flexibility index (Phi) is 4.06. The maximum Gasteiger partial charge on any atom is 0.310 e. The number of esters is 1. The van der Waals surface area contributed by atoms with Crippen molar-refractivity contribution in [2.45, 2.75) is 25.7 Å². The molecule has 0 saturated carbocycles. The number of benzene rings is 2. The van der Waals surface area contributed by atoms with Gasteiger partial charge in [-0.15, -0.1) is 0 Å². The molecule has 2 bridgehead atoms. The molecule has 4 heteroatoms. The summed E-state index contributed by atoms with van der Waals surface area (Å²) in [6.45, 7) is 4.25. The third kappa shape index (κ3) is 2.44. The van der Waals surface area contributed by atoms with E-state index in [1.54, 1.807) is 0 Å². The van der Waals surface area contributed by atoms with Gasteiger partial charge in [-0.2, -0.15) is 0 Å². The fraction of sp³-hybridized carbons (Fsp3) is 0.364. The summed E-state index contributed by atoms with van der Waals surface area (Å²) >= 11 is 0. The highest BCUT2D eigenvalue weighted by Crippen LogP contribution is 2.58. The van der Waals surface area contributed by atoms with E-state index in [2.05, 4.69) is 0 Å². The third-order valence-corrected chi connectivity index (χ3v) is 5.55. The lowest BCUT2D eigenvalue weighted by molar-refractivity contribution is -0.161. The van der Waals surface area contributed by atoms with Gasteiger partial charge in [0, 0.05) is 11.8 Å². The number of hydrogen-bond donors (Lipinski definition) is 1. The minimum atomic E-state index is -0.935. The number of carbonyl (C=O) groups excluding carboxylic acids is 1. The largest absolute Gasteiger partial charge is 0.481 e. The highest BCUT2D eigenvalue weighted by atomic mass is 16.5. The van der Waals surface area contributed by atoms with Crippen LogP contribution in [0.3, 0.4) is 0 Å². The summed E-state index contributed by atoms with van der Waals surface area (Å²) in [5, 5.41) is 10.0. The highest BCUT2D eigenvalue weighted by molar-refractivity contribution is 5.87. The van der Waals surface area contributed by atoms with Gasteiger partial charge in [-0.25, -0.2) is 0 Å². The predicted molar refractivity (Wildman–Crippen MR) is 97.0 cm³/mol. The van der Waals surface area contributed by atoms with Gasteiger partial charge in [0.25, 0.3) is 0 Å². The van der Waals surface area contributed by atoms with Crippen molar-refractivity contribution < 1.29 is 19.4 Å². The first-order valence-corrected chi connectivity index (χ1v) is 9.07. The first-order chi connectivity index (χ1) is 12.5. The second kappa shape index (κ2) is 6.27. The van der Waals surface area contributed by atoms with E-state index in [0.29, 0.717) is 6.61 Å². The van der Waals surface area contributed by atoms with Crippen molar-refractivity contribution in [1.82, 2.24) is 0 Å². The molecule has 2 aromatic carbocycles. The van der Waals surface area contributed by atoms with Gasteiger partial charge in [0.1, 0.15) is 0 Å². The molecule has 0 aromatic heterocycles. The SMILES string of the molecule is CC(C)COC(=O)[C@H]1C2c3ccccc3C(c3ccccc32)[C@@H]1C(=O)O. The van der Waals surface area contributed by atoms with E-state index < -0.39 is 23.8 Å². The average Bonchev–Trinajstić information content (AvgIpc) is 2.65. The zero-order valence-corrected chi connectivity index (χ0v) is 14.9. The van der Waals surface area contributed by atoms with E-state index in [9.17, 15) is 14.7 Å². The number of carboxylic acids is 1. The van der Waals surface area contributed by atoms with Gasteiger partial charge >= 0.3 is 11.9 Å². The number of rotatable bonds is 4. The van der Waals surface area contributed by atoms with E-state index in [1.807, 2.05) is 62.4 Å². The molecule has 3 aliphatic rings. The van der Waals surface area contributed by atoms with Gasteiger partial charge in [0.2, 0.25) is 0 Å². The van der Waals surface area contributed by atoms with E-state index in [1.165, 1.54) is 0 Å². The molecule has 0 saturated heterocycles. The van der Waals surface area contributed by atoms with Crippen molar-refractivity contribution in [1.29, 1.82) is 0 Å². The lowest BCUT2D eigenvalue weighted by atomic mass is 9.54. The van der Waals surface area contributed by atoms with Crippen LogP contribution in [0.4, 0.5) is 0 Å². The summed E-state index contributed by atoms with van der Waals surface area (Å²) < 4.78 is 5.50. The van der Waals surface area contributed by atoms with Crippen LogP contribution in [0.1, 0.15) is 47.9 Å². The third-order valence-electron chi connectivity index (χ3n) is 5.55. The van der Waals surface area contributed by atoms with Gasteiger partial charge in [0.15, 0.2) is 0 Å². The molecule has 1 N–H and O–H groups in total. The van der Waals surface area contributed by atoms with Crippen molar-refractivity contribution in [3.05, 3.63) is 70.8 Å². The van der Waals surface area contributed by atoms with Crippen molar-refractivity contribution in [3.8, 4) is 0 Å². The Morgan fingerprint density at radius 1 is 0.885 bits per heavy atom.